The molecule has 10 rings (SSSR count). The fourth-order valence-electron chi connectivity index (χ4n) is 7.87. The first-order valence-corrected chi connectivity index (χ1v) is 16.8. The molecule has 0 radical (unpaired) electrons. The van der Waals surface area contributed by atoms with E-state index in [1.54, 1.807) is 0 Å². The minimum absolute atomic E-state index is 0.908. The van der Waals surface area contributed by atoms with E-state index in [4.69, 9.17) is 4.42 Å². The second-order valence-electron chi connectivity index (χ2n) is 12.8. The van der Waals surface area contributed by atoms with Gasteiger partial charge in [0.25, 0.3) is 0 Å². The molecule has 0 saturated heterocycles. The van der Waals surface area contributed by atoms with Gasteiger partial charge in [-0.2, -0.15) is 0 Å². The molecule has 0 spiro atoms. The molecule has 0 aliphatic carbocycles. The Morgan fingerprint density at radius 2 is 0.816 bits per heavy atom. The average molecular weight is 623 g/mol. The largest absolute Gasteiger partial charge is 0.456 e. The smallest absolute Gasteiger partial charge is 0.136 e. The summed E-state index contributed by atoms with van der Waals surface area (Å²) in [6, 6.07) is 65.8. The van der Waals surface area contributed by atoms with Gasteiger partial charge in [-0.05, 0) is 107 Å². The molecule has 1 aromatic heterocycles. The molecular formula is C48H30O. The zero-order chi connectivity index (χ0) is 32.3. The molecule has 0 amide bonds. The number of para-hydroxylation sites is 1. The molecule has 0 aliphatic rings. The van der Waals surface area contributed by atoms with Crippen LogP contribution in [-0.4, -0.2) is 0 Å². The molecule has 0 atom stereocenters. The summed E-state index contributed by atoms with van der Waals surface area (Å²) in [4.78, 5) is 0. The molecule has 1 nitrogen and oxygen atoms in total. The number of fused-ring (bicyclic) bond motifs is 6. The second kappa shape index (κ2) is 11.1. The van der Waals surface area contributed by atoms with Crippen molar-refractivity contribution in [1.29, 1.82) is 0 Å². The van der Waals surface area contributed by atoms with Gasteiger partial charge in [0.05, 0.1) is 0 Å². The minimum Gasteiger partial charge on any atom is -0.456 e. The van der Waals surface area contributed by atoms with Crippen molar-refractivity contribution in [2.75, 3.05) is 0 Å². The van der Waals surface area contributed by atoms with E-state index in [2.05, 4.69) is 170 Å². The van der Waals surface area contributed by atoms with Crippen molar-refractivity contribution in [1.82, 2.24) is 0 Å². The van der Waals surface area contributed by atoms with Crippen LogP contribution in [0.2, 0.25) is 0 Å². The predicted octanol–water partition coefficient (Wildman–Crippen LogP) is 13.7. The fourth-order valence-corrected chi connectivity index (χ4v) is 7.87. The first-order valence-electron chi connectivity index (χ1n) is 16.8. The first kappa shape index (κ1) is 27.7. The zero-order valence-corrected chi connectivity index (χ0v) is 26.7. The Morgan fingerprint density at radius 3 is 1.49 bits per heavy atom. The highest BCUT2D eigenvalue weighted by atomic mass is 16.3. The SMILES string of the molecule is c1ccc(-c2cc3c(-c4ccccc4)cccc3cc2-c2c3ccccc3c(-c3ccc4c(c3)oc3ccccc34)c3ccccc23)cc1. The van der Waals surface area contributed by atoms with Gasteiger partial charge in [0.1, 0.15) is 11.2 Å². The fraction of sp³-hybridized carbons (Fsp3) is 0. The van der Waals surface area contributed by atoms with Crippen LogP contribution in [0.3, 0.4) is 0 Å². The molecule has 1 heterocycles. The molecule has 228 valence electrons. The molecular weight excluding hydrogens is 593 g/mol. The molecule has 9 aromatic carbocycles. The highest BCUT2D eigenvalue weighted by molar-refractivity contribution is 6.23. The topological polar surface area (TPSA) is 13.1 Å². The number of hydrogen-bond acceptors (Lipinski definition) is 1. The summed E-state index contributed by atoms with van der Waals surface area (Å²) in [5.74, 6) is 0. The van der Waals surface area contributed by atoms with Crippen LogP contribution in [0.5, 0.6) is 0 Å². The lowest BCUT2D eigenvalue weighted by molar-refractivity contribution is 0.669. The van der Waals surface area contributed by atoms with E-state index >= 15 is 0 Å². The van der Waals surface area contributed by atoms with Crippen LogP contribution in [0.25, 0.3) is 98.8 Å². The van der Waals surface area contributed by atoms with Crippen LogP contribution in [0.1, 0.15) is 0 Å². The molecule has 0 aliphatic heterocycles. The monoisotopic (exact) mass is 622 g/mol. The van der Waals surface area contributed by atoms with Crippen LogP contribution in [0.15, 0.2) is 186 Å². The van der Waals surface area contributed by atoms with E-state index in [1.807, 2.05) is 12.1 Å². The summed E-state index contributed by atoms with van der Waals surface area (Å²) < 4.78 is 6.38. The van der Waals surface area contributed by atoms with Gasteiger partial charge in [-0.15, -0.1) is 0 Å². The Balaban J connectivity index is 1.30. The number of hydrogen-bond donors (Lipinski definition) is 0. The van der Waals surface area contributed by atoms with Gasteiger partial charge in [-0.25, -0.2) is 0 Å². The lowest BCUT2D eigenvalue weighted by Gasteiger charge is -2.21. The van der Waals surface area contributed by atoms with E-state index in [-0.39, 0.29) is 0 Å². The van der Waals surface area contributed by atoms with E-state index < -0.39 is 0 Å². The van der Waals surface area contributed by atoms with E-state index in [0.29, 0.717) is 0 Å². The van der Waals surface area contributed by atoms with Crippen molar-refractivity contribution >= 4 is 54.3 Å². The van der Waals surface area contributed by atoms with Crippen molar-refractivity contribution in [3.63, 3.8) is 0 Å². The van der Waals surface area contributed by atoms with Crippen molar-refractivity contribution in [2.45, 2.75) is 0 Å². The third kappa shape index (κ3) is 4.40. The molecule has 1 heteroatoms. The summed E-state index contributed by atoms with van der Waals surface area (Å²) in [5, 5.41) is 9.68. The Bertz CT molecular complexity index is 2800. The molecule has 0 bridgehead atoms. The number of benzene rings is 9. The Morgan fingerprint density at radius 1 is 0.265 bits per heavy atom. The third-order valence-electron chi connectivity index (χ3n) is 10.1. The maximum atomic E-state index is 6.38. The quantitative estimate of drug-likeness (QED) is 0.178. The van der Waals surface area contributed by atoms with Crippen LogP contribution < -0.4 is 0 Å². The third-order valence-corrected chi connectivity index (χ3v) is 10.1. The standard InChI is InChI=1S/C48H30O/c1-3-14-31(15-4-1)35-24-13-18-33-28-44(42(30-43(33)35)32-16-5-2-6-17-32)48-40-22-9-7-20-38(40)47(39-21-8-10-23-41(39)48)34-26-27-37-36-19-11-12-25-45(36)49-46(37)29-34/h1-30H. The van der Waals surface area contributed by atoms with Crippen LogP contribution >= 0.6 is 0 Å². The van der Waals surface area contributed by atoms with Crippen molar-refractivity contribution in [2.24, 2.45) is 0 Å². The Kier molecular flexibility index (Phi) is 6.25. The van der Waals surface area contributed by atoms with Crippen LogP contribution in [0.4, 0.5) is 0 Å². The molecule has 0 unspecified atom stereocenters. The van der Waals surface area contributed by atoms with E-state index in [0.717, 1.165) is 27.5 Å². The van der Waals surface area contributed by atoms with Gasteiger partial charge in [-0.3, -0.25) is 0 Å². The summed E-state index contributed by atoms with van der Waals surface area (Å²) in [5.41, 5.74) is 11.6. The average Bonchev–Trinajstić information content (AvgIpc) is 3.55. The van der Waals surface area contributed by atoms with Gasteiger partial charge in [0, 0.05) is 10.8 Å². The minimum atomic E-state index is 0.908. The maximum Gasteiger partial charge on any atom is 0.136 e. The zero-order valence-electron chi connectivity index (χ0n) is 26.7. The molecule has 0 N–H and O–H groups in total. The van der Waals surface area contributed by atoms with E-state index in [1.165, 1.54) is 71.3 Å². The van der Waals surface area contributed by atoms with Gasteiger partial charge in [0.15, 0.2) is 0 Å². The van der Waals surface area contributed by atoms with E-state index in [9.17, 15) is 0 Å². The normalized spacial score (nSPS) is 11.7. The lowest BCUT2D eigenvalue weighted by Crippen LogP contribution is -1.94. The molecule has 49 heavy (non-hydrogen) atoms. The lowest BCUT2D eigenvalue weighted by atomic mass is 9.82. The van der Waals surface area contributed by atoms with Gasteiger partial charge in [0.2, 0.25) is 0 Å². The highest BCUT2D eigenvalue weighted by Crippen LogP contribution is 2.48. The number of furan rings is 1. The summed E-state index contributed by atoms with van der Waals surface area (Å²) >= 11 is 0. The highest BCUT2D eigenvalue weighted by Gasteiger charge is 2.21. The molecule has 10 aromatic rings. The Labute approximate surface area is 284 Å². The molecule has 0 saturated carbocycles. The number of rotatable bonds is 4. The van der Waals surface area contributed by atoms with Gasteiger partial charge in [-0.1, -0.05) is 152 Å². The Hall–Kier alpha value is -6.44. The predicted molar refractivity (Wildman–Crippen MR) is 208 cm³/mol. The summed E-state index contributed by atoms with van der Waals surface area (Å²) in [6.45, 7) is 0. The van der Waals surface area contributed by atoms with Crippen LogP contribution in [-0.2, 0) is 0 Å². The van der Waals surface area contributed by atoms with Gasteiger partial charge < -0.3 is 4.42 Å². The van der Waals surface area contributed by atoms with Crippen molar-refractivity contribution in [3.8, 4) is 44.5 Å². The van der Waals surface area contributed by atoms with Gasteiger partial charge >= 0.3 is 0 Å². The van der Waals surface area contributed by atoms with Crippen LogP contribution in [0, 0.1) is 0 Å². The summed E-state index contributed by atoms with van der Waals surface area (Å²) in [7, 11) is 0. The van der Waals surface area contributed by atoms with Crippen molar-refractivity contribution in [3.05, 3.63) is 182 Å². The maximum absolute atomic E-state index is 6.38. The second-order valence-corrected chi connectivity index (χ2v) is 12.8. The molecule has 0 fully saturated rings. The summed E-state index contributed by atoms with van der Waals surface area (Å²) in [6.07, 6.45) is 0. The first-order chi connectivity index (χ1) is 24.3. The van der Waals surface area contributed by atoms with Crippen molar-refractivity contribution < 1.29 is 4.42 Å².